The molecule has 0 aromatic heterocycles. The molecule has 22 heteroatoms. The normalized spacial score (nSPS) is 17.3. The van der Waals surface area contributed by atoms with Crippen LogP contribution in [0.1, 0.15) is 204 Å². The summed E-state index contributed by atoms with van der Waals surface area (Å²) in [5.74, 6) is 16.7. The van der Waals surface area contributed by atoms with Gasteiger partial charge in [0.25, 0.3) is 0 Å². The fraction of sp³-hybridized carbons (Fsp3) is 0.519. The molecule has 684 valence electrons. The SMILES string of the molecule is C=COC(C)(CC)C(=O)C1CCCC1.CC(=O)C(C)C(=O)COC1CCCCC1.CCOC(=O)C(C)C(=O)OC1CCCC1.COC(=O)C#CC(C)S(=O)(=O)C(C)C.COc1ccc([S+]2CCCC2)c2ccccc12.COc1ccc([S+]2CCCC2)c2ccccc12.COc1ccc([S+]2CCCC2)c2ccccc12.COc1ccc([S+]2CCCC2)c2ccccc12. The van der Waals surface area contributed by atoms with Crippen molar-refractivity contribution in [1.29, 1.82) is 0 Å². The van der Waals surface area contributed by atoms with Crippen LogP contribution in [0.2, 0.25) is 0 Å². The fourth-order valence-electron chi connectivity index (χ4n) is 16.4. The zero-order chi connectivity index (χ0) is 91.1. The Hall–Kier alpha value is -8.17. The number of methoxy groups -OCH3 is 5. The molecule has 8 aromatic carbocycles. The van der Waals surface area contributed by atoms with Crippen LogP contribution in [0.5, 0.6) is 23.0 Å². The van der Waals surface area contributed by atoms with Crippen molar-refractivity contribution in [1.82, 2.24) is 0 Å². The van der Waals surface area contributed by atoms with Crippen molar-refractivity contribution in [3.63, 3.8) is 0 Å². The van der Waals surface area contributed by atoms with Gasteiger partial charge in [-0.2, -0.15) is 0 Å². The smallest absolute Gasteiger partial charge is 0.384 e. The Labute approximate surface area is 763 Å². The first-order valence-corrected chi connectivity index (χ1v) is 53.3. The molecule has 17 nitrogen and oxygen atoms in total. The first-order valence-electron chi connectivity index (χ1n) is 45.4. The van der Waals surface area contributed by atoms with Gasteiger partial charge in [0, 0.05) is 98.5 Å². The van der Waals surface area contributed by atoms with Crippen molar-refractivity contribution in [3.05, 3.63) is 158 Å². The second-order valence-corrected chi connectivity index (χ2v) is 44.9. The molecule has 0 radical (unpaired) electrons. The molecule has 4 heterocycles. The topological polar surface area (TPSA) is 220 Å². The van der Waals surface area contributed by atoms with Gasteiger partial charge >= 0.3 is 17.9 Å². The second kappa shape index (κ2) is 53.7. The number of ether oxygens (including phenoxy) is 9. The molecule has 7 fully saturated rings. The monoisotopic (exact) mass is 1820 g/mol. The number of carbonyl (C=O) groups is 6. The molecule has 126 heavy (non-hydrogen) atoms. The quantitative estimate of drug-likeness (QED) is 0.0104. The zero-order valence-electron chi connectivity index (χ0n) is 77.3. The number of rotatable bonds is 24. The lowest BCUT2D eigenvalue weighted by Gasteiger charge is -2.28. The minimum Gasteiger partial charge on any atom is -0.496 e. The van der Waals surface area contributed by atoms with E-state index in [1.807, 2.05) is 13.8 Å². The van der Waals surface area contributed by atoms with Gasteiger partial charge in [0.05, 0.1) is 65.7 Å². The predicted molar refractivity (Wildman–Crippen MR) is 522 cm³/mol. The summed E-state index contributed by atoms with van der Waals surface area (Å²) in [5.41, 5.74) is -0.642. The van der Waals surface area contributed by atoms with E-state index in [0.717, 1.165) is 74.4 Å². The van der Waals surface area contributed by atoms with Crippen molar-refractivity contribution in [2.24, 2.45) is 17.8 Å². The molecule has 0 N–H and O–H groups in total. The van der Waals surface area contributed by atoms with E-state index >= 15 is 0 Å². The van der Waals surface area contributed by atoms with Crippen LogP contribution in [0.3, 0.4) is 0 Å². The third kappa shape index (κ3) is 29.9. The van der Waals surface area contributed by atoms with Gasteiger partial charge < -0.3 is 42.6 Å². The largest absolute Gasteiger partial charge is 0.496 e. The highest BCUT2D eigenvalue weighted by molar-refractivity contribution is 7.98. The van der Waals surface area contributed by atoms with Crippen LogP contribution < -0.4 is 18.9 Å². The highest BCUT2D eigenvalue weighted by Gasteiger charge is 2.40. The summed E-state index contributed by atoms with van der Waals surface area (Å²) in [6.07, 6.45) is 27.8. The summed E-state index contributed by atoms with van der Waals surface area (Å²) in [6.45, 7) is 18.7. The molecule has 4 atom stereocenters. The number of ketones is 3. The highest BCUT2D eigenvalue weighted by atomic mass is 32.2. The van der Waals surface area contributed by atoms with Crippen LogP contribution in [-0.4, -0.2) is 167 Å². The summed E-state index contributed by atoms with van der Waals surface area (Å²) in [4.78, 5) is 74.1. The maximum Gasteiger partial charge on any atom is 0.384 e. The molecule has 3 aliphatic carbocycles. The second-order valence-electron chi connectivity index (χ2n) is 33.1. The Balaban J connectivity index is 0.000000179. The van der Waals surface area contributed by atoms with Gasteiger partial charge in [-0.05, 0) is 237 Å². The number of hydrogen-bond acceptors (Lipinski definition) is 17. The number of carbonyl (C=O) groups excluding carboxylic acids is 6. The van der Waals surface area contributed by atoms with Gasteiger partial charge in [0.2, 0.25) is 0 Å². The van der Waals surface area contributed by atoms with Crippen molar-refractivity contribution >= 4 is 132 Å². The van der Waals surface area contributed by atoms with Crippen molar-refractivity contribution in [3.8, 4) is 34.8 Å². The Morgan fingerprint density at radius 2 is 0.786 bits per heavy atom. The Kier molecular flexibility index (Phi) is 44.0. The molecule has 0 spiro atoms. The van der Waals surface area contributed by atoms with Gasteiger partial charge in [-0.3, -0.25) is 24.0 Å². The average molecular weight is 1820 g/mol. The van der Waals surface area contributed by atoms with Crippen LogP contribution >= 0.6 is 0 Å². The van der Waals surface area contributed by atoms with E-state index in [9.17, 15) is 37.2 Å². The molecule has 0 amide bonds. The maximum atomic E-state index is 12.1. The summed E-state index contributed by atoms with van der Waals surface area (Å²) >= 11 is 0. The molecule has 15 rings (SSSR count). The van der Waals surface area contributed by atoms with E-state index in [-0.39, 0.29) is 42.1 Å². The summed E-state index contributed by atoms with van der Waals surface area (Å²) in [5, 5.41) is 9.23. The van der Waals surface area contributed by atoms with Crippen LogP contribution in [-0.2, 0) is 106 Å². The Morgan fingerprint density at radius 3 is 1.10 bits per heavy atom. The minimum atomic E-state index is -3.26. The number of fused-ring (bicyclic) bond motifs is 4. The van der Waals surface area contributed by atoms with E-state index in [2.05, 4.69) is 169 Å². The molecule has 4 aliphatic heterocycles. The molecule has 7 aliphatic rings. The van der Waals surface area contributed by atoms with E-state index in [0.29, 0.717) is 56.6 Å². The number of benzene rings is 8. The molecule has 3 saturated carbocycles. The van der Waals surface area contributed by atoms with Gasteiger partial charge in [-0.1, -0.05) is 124 Å². The number of sulfone groups is 1. The van der Waals surface area contributed by atoms with Crippen LogP contribution in [0, 0.1) is 29.6 Å². The molecular weight excluding hydrogens is 1680 g/mol. The maximum absolute atomic E-state index is 12.1. The zero-order valence-corrected chi connectivity index (χ0v) is 81.4. The first-order chi connectivity index (χ1) is 60.8. The Morgan fingerprint density at radius 1 is 0.452 bits per heavy atom. The van der Waals surface area contributed by atoms with Crippen LogP contribution in [0.25, 0.3) is 43.1 Å². The first kappa shape index (κ1) is 103. The third-order valence-corrected chi connectivity index (χ3v) is 36.9. The fourth-order valence-corrected chi connectivity index (χ4v) is 27.5. The van der Waals surface area contributed by atoms with Crippen LogP contribution in [0.4, 0.5) is 0 Å². The van der Waals surface area contributed by atoms with Crippen LogP contribution in [0.15, 0.2) is 178 Å². The summed E-state index contributed by atoms with van der Waals surface area (Å²) in [7, 11) is 6.80. The van der Waals surface area contributed by atoms with E-state index < -0.39 is 55.7 Å². The molecule has 4 saturated heterocycles. The predicted octanol–water partition coefficient (Wildman–Crippen LogP) is 21.7. The lowest BCUT2D eigenvalue weighted by Crippen LogP contribution is -2.40. The lowest BCUT2D eigenvalue weighted by atomic mass is 9.87. The molecule has 4 unspecified atom stereocenters. The summed E-state index contributed by atoms with van der Waals surface area (Å²) < 4.78 is 69.8. The molecular formula is C104H140O17S5+4. The lowest BCUT2D eigenvalue weighted by molar-refractivity contribution is -0.164. The van der Waals surface area contributed by atoms with E-state index in [1.165, 1.54) is 207 Å². The summed E-state index contributed by atoms with van der Waals surface area (Å²) in [6, 6.07) is 52.1. The standard InChI is InChI=1S/4C15H17OS.C12H20O3.C12H20O2.C11H18O4.C9H14O4S/c4*1-16-14-8-9-15(17-10-4-5-11-17)13-7-3-2-6-12(13)14;1-9(10(2)13)12(14)8-15-11-6-4-3-5-7-11;1-4-12(3,14-5-2)11(13)10-8-6-7-9-10;1-3-14-10(12)8(2)11(13)15-9-6-4-5-7-9;1-7(2)14(11,12)8(3)5-6-9(10)13-4/h4*2-3,6-9H,4-5,10-11H2,1H3;9,11H,3-8H2,1-2H3;5,10H,2,4,6-9H2,1,3H3;8-9H,3-7H2,1-2H3;7-8H,1-4H3/q4*+1;;;;. The van der Waals surface area contributed by atoms with Crippen molar-refractivity contribution < 1.29 is 79.8 Å². The van der Waals surface area contributed by atoms with E-state index in [1.54, 1.807) is 75.7 Å². The van der Waals surface area contributed by atoms with Gasteiger partial charge in [-0.15, -0.1) is 0 Å². The molecule has 0 bridgehead atoms. The van der Waals surface area contributed by atoms with Gasteiger partial charge in [0.15, 0.2) is 52.5 Å². The highest BCUT2D eigenvalue weighted by Crippen LogP contribution is 2.40. The molecule has 8 aromatic rings. The van der Waals surface area contributed by atoms with E-state index in [4.69, 9.17) is 37.9 Å². The minimum absolute atomic E-state index is 0.00868. The van der Waals surface area contributed by atoms with Gasteiger partial charge in [0.1, 0.15) is 92.8 Å². The van der Waals surface area contributed by atoms with Crippen molar-refractivity contribution in [2.75, 3.05) is 94.8 Å². The number of esters is 3. The Bertz CT molecular complexity index is 4580. The average Bonchev–Trinajstić information content (AvgIpc) is 0.986. The van der Waals surface area contributed by atoms with Gasteiger partial charge in [-0.25, -0.2) is 13.2 Å². The number of Topliss-reactive ketones (excluding diaryl/α,β-unsaturated/α-hetero) is 3. The number of hydrogen-bond donors (Lipinski definition) is 0. The third-order valence-electron chi connectivity index (χ3n) is 24.3. The van der Waals surface area contributed by atoms with Crippen molar-refractivity contribution in [2.45, 2.75) is 251 Å².